The molecule has 1 rings (SSSR count). The lowest BCUT2D eigenvalue weighted by atomic mass is 10.1. The molecule has 0 aliphatic rings. The molecule has 0 spiro atoms. The summed E-state index contributed by atoms with van der Waals surface area (Å²) < 4.78 is 31.9. The maximum atomic E-state index is 13.6. The van der Waals surface area contributed by atoms with Gasteiger partial charge in [-0.1, -0.05) is 6.07 Å². The van der Waals surface area contributed by atoms with Crippen molar-refractivity contribution in [3.63, 3.8) is 0 Å². The molecule has 0 aliphatic carbocycles. The zero-order valence-electron chi connectivity index (χ0n) is 10.9. The van der Waals surface area contributed by atoms with E-state index in [1.54, 1.807) is 14.0 Å². The SMILES string of the molecule is COCCNCCNCc1c(F)ccc(C)c1F. The van der Waals surface area contributed by atoms with Crippen LogP contribution in [0.2, 0.25) is 0 Å². The van der Waals surface area contributed by atoms with Gasteiger partial charge in [-0.3, -0.25) is 0 Å². The van der Waals surface area contributed by atoms with Crippen LogP contribution >= 0.6 is 0 Å². The summed E-state index contributed by atoms with van der Waals surface area (Å²) in [6.45, 7) is 4.64. The largest absolute Gasteiger partial charge is 0.383 e. The molecule has 0 saturated carbocycles. The standard InChI is InChI=1S/C13H20F2N2O/c1-10-3-4-12(14)11(13(10)15)9-17-6-5-16-7-8-18-2/h3-4,16-17H,5-9H2,1-2H3. The minimum absolute atomic E-state index is 0.104. The zero-order chi connectivity index (χ0) is 13.4. The predicted molar refractivity (Wildman–Crippen MR) is 67.5 cm³/mol. The van der Waals surface area contributed by atoms with E-state index in [4.69, 9.17) is 4.74 Å². The Morgan fingerprint density at radius 2 is 1.83 bits per heavy atom. The zero-order valence-corrected chi connectivity index (χ0v) is 10.9. The summed E-state index contributed by atoms with van der Waals surface area (Å²) >= 11 is 0. The maximum absolute atomic E-state index is 13.6. The van der Waals surface area contributed by atoms with E-state index in [0.717, 1.165) is 13.1 Å². The summed E-state index contributed by atoms with van der Waals surface area (Å²) in [5.41, 5.74) is 0.568. The van der Waals surface area contributed by atoms with Gasteiger partial charge in [0.25, 0.3) is 0 Å². The van der Waals surface area contributed by atoms with Crippen LogP contribution in [0.25, 0.3) is 0 Å². The molecule has 102 valence electrons. The molecule has 0 radical (unpaired) electrons. The van der Waals surface area contributed by atoms with E-state index in [2.05, 4.69) is 10.6 Å². The molecule has 1 aromatic rings. The number of methoxy groups -OCH3 is 1. The lowest BCUT2D eigenvalue weighted by Gasteiger charge is -2.09. The second-order valence-corrected chi connectivity index (χ2v) is 4.08. The molecule has 0 atom stereocenters. The smallest absolute Gasteiger partial charge is 0.133 e. The molecule has 0 bridgehead atoms. The van der Waals surface area contributed by atoms with E-state index in [0.29, 0.717) is 18.7 Å². The van der Waals surface area contributed by atoms with Crippen molar-refractivity contribution in [2.24, 2.45) is 0 Å². The number of hydrogen-bond acceptors (Lipinski definition) is 3. The first-order valence-electron chi connectivity index (χ1n) is 6.00. The fraction of sp³-hybridized carbons (Fsp3) is 0.538. The molecule has 0 unspecified atom stereocenters. The molecule has 2 N–H and O–H groups in total. The third-order valence-corrected chi connectivity index (χ3v) is 2.64. The fourth-order valence-electron chi connectivity index (χ4n) is 1.57. The van der Waals surface area contributed by atoms with E-state index < -0.39 is 11.6 Å². The van der Waals surface area contributed by atoms with Crippen LogP contribution < -0.4 is 10.6 Å². The van der Waals surface area contributed by atoms with Crippen LogP contribution in [0.15, 0.2) is 12.1 Å². The summed E-state index contributed by atoms with van der Waals surface area (Å²) in [5, 5.41) is 6.14. The van der Waals surface area contributed by atoms with Crippen LogP contribution in [-0.4, -0.2) is 33.4 Å². The lowest BCUT2D eigenvalue weighted by Crippen LogP contribution is -2.29. The molecule has 0 fully saturated rings. The van der Waals surface area contributed by atoms with Gasteiger partial charge in [-0.2, -0.15) is 0 Å². The van der Waals surface area contributed by atoms with Gasteiger partial charge in [0.15, 0.2) is 0 Å². The van der Waals surface area contributed by atoms with Crippen molar-refractivity contribution < 1.29 is 13.5 Å². The van der Waals surface area contributed by atoms with Gasteiger partial charge in [-0.25, -0.2) is 8.78 Å². The van der Waals surface area contributed by atoms with Gasteiger partial charge >= 0.3 is 0 Å². The molecule has 1 aromatic carbocycles. The lowest BCUT2D eigenvalue weighted by molar-refractivity contribution is 0.199. The molecule has 0 aromatic heterocycles. The number of hydrogen-bond donors (Lipinski definition) is 2. The first-order chi connectivity index (χ1) is 8.66. The summed E-state index contributed by atoms with van der Waals surface area (Å²) in [6.07, 6.45) is 0. The van der Waals surface area contributed by atoms with Crippen LogP contribution in [0.1, 0.15) is 11.1 Å². The van der Waals surface area contributed by atoms with E-state index in [1.807, 2.05) is 0 Å². The number of ether oxygens (including phenoxy) is 1. The van der Waals surface area contributed by atoms with E-state index in [-0.39, 0.29) is 12.1 Å². The van der Waals surface area contributed by atoms with Gasteiger partial charge in [0.1, 0.15) is 11.6 Å². The van der Waals surface area contributed by atoms with Crippen LogP contribution in [0.4, 0.5) is 8.78 Å². The number of halogens is 2. The van der Waals surface area contributed by atoms with Gasteiger partial charge in [-0.15, -0.1) is 0 Å². The van der Waals surface area contributed by atoms with Gasteiger partial charge in [0.05, 0.1) is 6.61 Å². The van der Waals surface area contributed by atoms with Gasteiger partial charge in [0, 0.05) is 38.9 Å². The Bertz CT molecular complexity index is 372. The van der Waals surface area contributed by atoms with Crippen LogP contribution in [0, 0.1) is 18.6 Å². The highest BCUT2D eigenvalue weighted by molar-refractivity contribution is 5.26. The first-order valence-corrected chi connectivity index (χ1v) is 6.00. The summed E-state index contributed by atoms with van der Waals surface area (Å²) in [5.74, 6) is -0.965. The quantitative estimate of drug-likeness (QED) is 0.695. The Balaban J connectivity index is 2.29. The van der Waals surface area contributed by atoms with Crippen molar-refractivity contribution in [2.75, 3.05) is 33.4 Å². The normalized spacial score (nSPS) is 10.9. The topological polar surface area (TPSA) is 33.3 Å². The van der Waals surface area contributed by atoms with Crippen LogP contribution in [0.5, 0.6) is 0 Å². The van der Waals surface area contributed by atoms with Gasteiger partial charge in [-0.05, 0) is 18.6 Å². The third-order valence-electron chi connectivity index (χ3n) is 2.64. The number of rotatable bonds is 8. The van der Waals surface area contributed by atoms with Crippen molar-refractivity contribution in [3.8, 4) is 0 Å². The molecule has 0 saturated heterocycles. The molecular weight excluding hydrogens is 238 g/mol. The molecular formula is C13H20F2N2O. The fourth-order valence-corrected chi connectivity index (χ4v) is 1.57. The second-order valence-electron chi connectivity index (χ2n) is 4.08. The number of aryl methyl sites for hydroxylation is 1. The predicted octanol–water partition coefficient (Wildman–Crippen LogP) is 1.60. The molecule has 0 amide bonds. The third kappa shape index (κ3) is 4.68. The highest BCUT2D eigenvalue weighted by Crippen LogP contribution is 2.15. The Morgan fingerprint density at radius 1 is 1.11 bits per heavy atom. The molecule has 3 nitrogen and oxygen atoms in total. The minimum atomic E-state index is -0.502. The van der Waals surface area contributed by atoms with Gasteiger partial charge in [0.2, 0.25) is 0 Å². The molecule has 5 heteroatoms. The highest BCUT2D eigenvalue weighted by Gasteiger charge is 2.10. The molecule has 0 heterocycles. The number of nitrogens with one attached hydrogen (secondary N) is 2. The van der Waals surface area contributed by atoms with Crippen LogP contribution in [0.3, 0.4) is 0 Å². The Hall–Kier alpha value is -1.04. The van der Waals surface area contributed by atoms with E-state index >= 15 is 0 Å². The monoisotopic (exact) mass is 258 g/mol. The maximum Gasteiger partial charge on any atom is 0.133 e. The Kier molecular flexibility index (Phi) is 6.78. The van der Waals surface area contributed by atoms with Crippen LogP contribution in [-0.2, 0) is 11.3 Å². The number of benzene rings is 1. The molecule has 18 heavy (non-hydrogen) atoms. The van der Waals surface area contributed by atoms with Crippen molar-refractivity contribution in [1.29, 1.82) is 0 Å². The van der Waals surface area contributed by atoms with E-state index in [1.165, 1.54) is 12.1 Å². The van der Waals surface area contributed by atoms with Gasteiger partial charge < -0.3 is 15.4 Å². The summed E-state index contributed by atoms with van der Waals surface area (Å²) in [4.78, 5) is 0. The highest BCUT2D eigenvalue weighted by atomic mass is 19.1. The minimum Gasteiger partial charge on any atom is -0.383 e. The summed E-state index contributed by atoms with van der Waals surface area (Å²) in [7, 11) is 1.64. The average molecular weight is 258 g/mol. The van der Waals surface area contributed by atoms with Crippen molar-refractivity contribution >= 4 is 0 Å². The Morgan fingerprint density at radius 3 is 2.56 bits per heavy atom. The van der Waals surface area contributed by atoms with Crippen molar-refractivity contribution in [2.45, 2.75) is 13.5 Å². The molecule has 0 aliphatic heterocycles. The second kappa shape index (κ2) is 8.13. The summed E-state index contributed by atoms with van der Waals surface area (Å²) in [6, 6.07) is 2.74. The Labute approximate surface area is 107 Å². The average Bonchev–Trinajstić information content (AvgIpc) is 2.36. The first kappa shape index (κ1) is 15.0. The van der Waals surface area contributed by atoms with Crippen molar-refractivity contribution in [1.82, 2.24) is 10.6 Å². The van der Waals surface area contributed by atoms with E-state index in [9.17, 15) is 8.78 Å². The van der Waals surface area contributed by atoms with Crippen molar-refractivity contribution in [3.05, 3.63) is 34.9 Å².